The summed E-state index contributed by atoms with van der Waals surface area (Å²) >= 11 is 2.98. The highest BCUT2D eigenvalue weighted by molar-refractivity contribution is 7.10. The van der Waals surface area contributed by atoms with Gasteiger partial charge in [0.1, 0.15) is 11.4 Å². The van der Waals surface area contributed by atoms with Gasteiger partial charge in [-0.3, -0.25) is 4.79 Å². The quantitative estimate of drug-likeness (QED) is 0.708. The Morgan fingerprint density at radius 2 is 2.00 bits per heavy atom. The second-order valence-corrected chi connectivity index (χ2v) is 6.99. The van der Waals surface area contributed by atoms with Gasteiger partial charge in [-0.25, -0.2) is 0 Å². The van der Waals surface area contributed by atoms with Gasteiger partial charge in [0, 0.05) is 16.0 Å². The van der Waals surface area contributed by atoms with Gasteiger partial charge in [0.2, 0.25) is 0 Å². The van der Waals surface area contributed by atoms with E-state index in [1.807, 2.05) is 34.3 Å². The topological polar surface area (TPSA) is 58.6 Å². The minimum atomic E-state index is -1.23. The van der Waals surface area contributed by atoms with E-state index in [9.17, 15) is 9.90 Å². The van der Waals surface area contributed by atoms with Gasteiger partial charge in [-0.1, -0.05) is 6.07 Å². The van der Waals surface area contributed by atoms with E-state index in [4.69, 9.17) is 4.74 Å². The normalized spacial score (nSPS) is 13.2. The molecular weight excluding hydrogens is 342 g/mol. The molecule has 4 nitrogen and oxygen atoms in total. The van der Waals surface area contributed by atoms with Crippen molar-refractivity contribution in [1.29, 1.82) is 0 Å². The first kappa shape index (κ1) is 16.7. The van der Waals surface area contributed by atoms with Gasteiger partial charge in [-0.15, -0.1) is 11.3 Å². The summed E-state index contributed by atoms with van der Waals surface area (Å²) in [5.74, 6) is 0.461. The lowest BCUT2D eigenvalue weighted by Gasteiger charge is -2.27. The number of amides is 1. The van der Waals surface area contributed by atoms with E-state index in [0.717, 1.165) is 10.4 Å². The predicted molar refractivity (Wildman–Crippen MR) is 97.0 cm³/mol. The van der Waals surface area contributed by atoms with Gasteiger partial charge >= 0.3 is 0 Å². The van der Waals surface area contributed by atoms with Crippen LogP contribution < -0.4 is 10.1 Å². The fourth-order valence-electron chi connectivity index (χ4n) is 2.40. The number of hydrogen-bond donors (Lipinski definition) is 2. The molecule has 3 aromatic rings. The van der Waals surface area contributed by atoms with Crippen LogP contribution in [0.4, 0.5) is 0 Å². The highest BCUT2D eigenvalue weighted by atomic mass is 32.1. The first-order valence-corrected chi connectivity index (χ1v) is 9.17. The van der Waals surface area contributed by atoms with Crippen molar-refractivity contribution in [2.75, 3.05) is 13.7 Å². The van der Waals surface area contributed by atoms with Crippen LogP contribution in [0.5, 0.6) is 5.75 Å². The third-order valence-electron chi connectivity index (χ3n) is 3.78. The van der Waals surface area contributed by atoms with E-state index in [1.165, 1.54) is 22.7 Å². The number of rotatable bonds is 6. The Hall–Kier alpha value is -2.15. The third kappa shape index (κ3) is 3.36. The number of carbonyl (C=O) groups excluding carboxylic acids is 1. The highest BCUT2D eigenvalue weighted by Gasteiger charge is 2.33. The minimum Gasteiger partial charge on any atom is -0.497 e. The van der Waals surface area contributed by atoms with Crippen LogP contribution in [-0.4, -0.2) is 24.7 Å². The predicted octanol–water partition coefficient (Wildman–Crippen LogP) is 3.48. The average Bonchev–Trinajstić information content (AvgIpc) is 3.33. The molecule has 0 bridgehead atoms. The molecule has 1 unspecified atom stereocenters. The summed E-state index contributed by atoms with van der Waals surface area (Å²) in [7, 11) is 1.58. The lowest BCUT2D eigenvalue weighted by Crippen LogP contribution is -2.40. The molecule has 2 aromatic heterocycles. The van der Waals surface area contributed by atoms with Gasteiger partial charge in [-0.2, -0.15) is 11.3 Å². The molecule has 24 heavy (non-hydrogen) atoms. The van der Waals surface area contributed by atoms with Crippen LogP contribution in [0.15, 0.2) is 58.6 Å². The van der Waals surface area contributed by atoms with Crippen molar-refractivity contribution in [2.24, 2.45) is 0 Å². The van der Waals surface area contributed by atoms with Gasteiger partial charge in [0.15, 0.2) is 0 Å². The Morgan fingerprint density at radius 3 is 2.58 bits per heavy atom. The van der Waals surface area contributed by atoms with E-state index in [-0.39, 0.29) is 12.5 Å². The summed E-state index contributed by atoms with van der Waals surface area (Å²) < 4.78 is 5.09. The summed E-state index contributed by atoms with van der Waals surface area (Å²) in [5.41, 5.74) is 0.0793. The number of nitrogens with one attached hydrogen (secondary N) is 1. The number of aliphatic hydroxyl groups is 1. The van der Waals surface area contributed by atoms with Crippen molar-refractivity contribution in [1.82, 2.24) is 5.32 Å². The number of benzene rings is 1. The zero-order valence-electron chi connectivity index (χ0n) is 13.1. The molecule has 0 saturated carbocycles. The molecular formula is C18H17NO3S2. The Labute approximate surface area is 148 Å². The van der Waals surface area contributed by atoms with Crippen molar-refractivity contribution < 1.29 is 14.6 Å². The van der Waals surface area contributed by atoms with Crippen molar-refractivity contribution in [3.63, 3.8) is 0 Å². The lowest BCUT2D eigenvalue weighted by molar-refractivity contribution is 0.0721. The fraction of sp³-hybridized carbons (Fsp3) is 0.167. The van der Waals surface area contributed by atoms with Crippen LogP contribution >= 0.6 is 22.7 Å². The molecule has 0 radical (unpaired) electrons. The Morgan fingerprint density at radius 1 is 1.21 bits per heavy atom. The van der Waals surface area contributed by atoms with Crippen molar-refractivity contribution in [3.05, 3.63) is 74.6 Å². The van der Waals surface area contributed by atoms with Crippen LogP contribution in [-0.2, 0) is 5.60 Å². The molecule has 1 aromatic carbocycles. The van der Waals surface area contributed by atoms with Crippen LogP contribution in [0.3, 0.4) is 0 Å². The first-order chi connectivity index (χ1) is 11.6. The van der Waals surface area contributed by atoms with Crippen LogP contribution in [0.2, 0.25) is 0 Å². The first-order valence-electron chi connectivity index (χ1n) is 7.35. The number of hydrogen-bond acceptors (Lipinski definition) is 5. The monoisotopic (exact) mass is 359 g/mol. The molecule has 2 N–H and O–H groups in total. The second kappa shape index (κ2) is 7.17. The van der Waals surface area contributed by atoms with Crippen LogP contribution in [0.25, 0.3) is 0 Å². The zero-order valence-corrected chi connectivity index (χ0v) is 14.7. The molecule has 6 heteroatoms. The Balaban J connectivity index is 1.77. The summed E-state index contributed by atoms with van der Waals surface area (Å²) in [5, 5.41) is 19.8. The summed E-state index contributed by atoms with van der Waals surface area (Å²) in [6, 6.07) is 12.5. The maximum Gasteiger partial charge on any atom is 0.251 e. The average molecular weight is 359 g/mol. The number of carbonyl (C=O) groups is 1. The van der Waals surface area contributed by atoms with E-state index < -0.39 is 5.60 Å². The molecule has 0 saturated heterocycles. The van der Waals surface area contributed by atoms with E-state index in [1.54, 1.807) is 31.4 Å². The lowest BCUT2D eigenvalue weighted by atomic mass is 9.94. The van der Waals surface area contributed by atoms with E-state index in [0.29, 0.717) is 11.3 Å². The zero-order chi connectivity index (χ0) is 17.0. The van der Waals surface area contributed by atoms with E-state index in [2.05, 4.69) is 5.32 Å². The van der Waals surface area contributed by atoms with Crippen molar-refractivity contribution in [2.45, 2.75) is 5.60 Å². The number of thiophene rings is 2. The Bertz CT molecular complexity index is 746. The maximum absolute atomic E-state index is 12.4. The number of ether oxygens (including phenoxy) is 1. The minimum absolute atomic E-state index is 0.106. The van der Waals surface area contributed by atoms with Crippen LogP contribution in [0, 0.1) is 0 Å². The summed E-state index contributed by atoms with van der Waals surface area (Å²) in [6.07, 6.45) is 0. The van der Waals surface area contributed by atoms with E-state index >= 15 is 0 Å². The Kier molecular flexibility index (Phi) is 4.99. The van der Waals surface area contributed by atoms with Crippen LogP contribution in [0.1, 0.15) is 20.8 Å². The fourth-order valence-corrected chi connectivity index (χ4v) is 3.97. The molecule has 0 fully saturated rings. The highest BCUT2D eigenvalue weighted by Crippen LogP contribution is 2.33. The third-order valence-corrected chi connectivity index (χ3v) is 5.49. The molecule has 0 aliphatic rings. The molecule has 0 aliphatic carbocycles. The standard InChI is InChI=1S/C18H17NO3S2/c1-22-15-6-4-13(5-7-15)17(20)19-12-18(21,14-8-10-23-11-14)16-3-2-9-24-16/h2-11,21H,12H2,1H3,(H,19,20). The number of methoxy groups -OCH3 is 1. The van der Waals surface area contributed by atoms with Gasteiger partial charge in [0.05, 0.1) is 13.7 Å². The molecule has 1 atom stereocenters. The van der Waals surface area contributed by atoms with Gasteiger partial charge in [-0.05, 0) is 52.5 Å². The molecule has 0 spiro atoms. The molecule has 124 valence electrons. The summed E-state index contributed by atoms with van der Waals surface area (Å²) in [4.78, 5) is 13.2. The smallest absolute Gasteiger partial charge is 0.251 e. The van der Waals surface area contributed by atoms with Gasteiger partial charge in [0.25, 0.3) is 5.91 Å². The second-order valence-electron chi connectivity index (χ2n) is 5.26. The van der Waals surface area contributed by atoms with Crippen molar-refractivity contribution in [3.8, 4) is 5.75 Å². The largest absolute Gasteiger partial charge is 0.497 e. The molecule has 3 rings (SSSR count). The SMILES string of the molecule is COc1ccc(C(=O)NCC(O)(c2ccsc2)c2cccs2)cc1. The molecule has 2 heterocycles. The maximum atomic E-state index is 12.4. The van der Waals surface area contributed by atoms with Crippen molar-refractivity contribution >= 4 is 28.6 Å². The molecule has 0 aliphatic heterocycles. The summed E-state index contributed by atoms with van der Waals surface area (Å²) in [6.45, 7) is 0.106. The molecule has 1 amide bonds. The van der Waals surface area contributed by atoms with Gasteiger partial charge < -0.3 is 15.2 Å².